The van der Waals surface area contributed by atoms with E-state index in [4.69, 9.17) is 17.3 Å². The van der Waals surface area contributed by atoms with Gasteiger partial charge < -0.3 is 10.6 Å². The van der Waals surface area contributed by atoms with Crippen molar-refractivity contribution in [3.8, 4) is 0 Å². The van der Waals surface area contributed by atoms with Gasteiger partial charge in [-0.25, -0.2) is 0 Å². The van der Waals surface area contributed by atoms with Gasteiger partial charge in [0.25, 0.3) is 5.91 Å². The summed E-state index contributed by atoms with van der Waals surface area (Å²) in [5, 5.41) is 0.671. The third-order valence-corrected chi connectivity index (χ3v) is 3.69. The highest BCUT2D eigenvalue weighted by atomic mass is 35.5. The van der Waals surface area contributed by atoms with E-state index in [1.165, 1.54) is 0 Å². The van der Waals surface area contributed by atoms with Gasteiger partial charge in [-0.2, -0.15) is 0 Å². The van der Waals surface area contributed by atoms with E-state index in [-0.39, 0.29) is 5.91 Å². The van der Waals surface area contributed by atoms with Crippen molar-refractivity contribution in [2.75, 3.05) is 10.6 Å². The van der Waals surface area contributed by atoms with Gasteiger partial charge in [0.1, 0.15) is 0 Å². The first-order chi connectivity index (χ1) is 9.08. The maximum Gasteiger partial charge on any atom is 0.259 e. The van der Waals surface area contributed by atoms with Gasteiger partial charge in [0.15, 0.2) is 0 Å². The maximum atomic E-state index is 12.4. The molecule has 1 aliphatic rings. The van der Waals surface area contributed by atoms with Gasteiger partial charge in [-0.3, -0.25) is 4.79 Å². The molecule has 19 heavy (non-hydrogen) atoms. The van der Waals surface area contributed by atoms with Gasteiger partial charge in [-0.1, -0.05) is 17.7 Å². The highest BCUT2D eigenvalue weighted by molar-refractivity contribution is 6.30. The summed E-state index contributed by atoms with van der Waals surface area (Å²) in [6, 6.07) is 11.0. The van der Waals surface area contributed by atoms with E-state index in [0.717, 1.165) is 16.8 Å². The van der Waals surface area contributed by atoms with E-state index in [9.17, 15) is 4.79 Å². The van der Waals surface area contributed by atoms with Gasteiger partial charge >= 0.3 is 0 Å². The summed E-state index contributed by atoms with van der Waals surface area (Å²) in [4.78, 5) is 14.2. The van der Waals surface area contributed by atoms with E-state index in [2.05, 4.69) is 0 Å². The lowest BCUT2D eigenvalue weighted by molar-refractivity contribution is 0.0996. The van der Waals surface area contributed by atoms with Gasteiger partial charge in [0, 0.05) is 27.5 Å². The standard InChI is InChI=1S/C15H13ClN2O/c1-9-7-10(16)5-6-14(9)18-8-12-11(15(18)19)3-2-4-13(12)17/h2-7H,8,17H2,1H3. The molecule has 4 heteroatoms. The molecular weight excluding hydrogens is 260 g/mol. The molecule has 2 N–H and O–H groups in total. The molecule has 0 aliphatic carbocycles. The van der Waals surface area contributed by atoms with Crippen molar-refractivity contribution in [2.24, 2.45) is 0 Å². The summed E-state index contributed by atoms with van der Waals surface area (Å²) < 4.78 is 0. The lowest BCUT2D eigenvalue weighted by Crippen LogP contribution is -2.23. The number of hydrogen-bond donors (Lipinski definition) is 1. The molecule has 1 amide bonds. The number of nitrogen functional groups attached to an aromatic ring is 1. The Morgan fingerprint density at radius 2 is 2.05 bits per heavy atom. The lowest BCUT2D eigenvalue weighted by atomic mass is 10.1. The molecule has 0 aromatic heterocycles. The molecule has 0 fully saturated rings. The Bertz CT molecular complexity index is 682. The fraction of sp³-hybridized carbons (Fsp3) is 0.133. The molecule has 2 aromatic carbocycles. The zero-order valence-electron chi connectivity index (χ0n) is 10.5. The molecule has 0 atom stereocenters. The minimum atomic E-state index is -0.00674. The Hall–Kier alpha value is -2.00. The second kappa shape index (κ2) is 4.28. The zero-order valence-corrected chi connectivity index (χ0v) is 11.2. The molecule has 3 rings (SSSR count). The smallest absolute Gasteiger partial charge is 0.259 e. The summed E-state index contributed by atoms with van der Waals surface area (Å²) in [5.74, 6) is -0.00674. The number of nitrogens with zero attached hydrogens (tertiary/aromatic N) is 1. The minimum Gasteiger partial charge on any atom is -0.398 e. The van der Waals surface area contributed by atoms with Gasteiger partial charge in [-0.05, 0) is 42.8 Å². The number of carbonyl (C=O) groups is 1. The van der Waals surface area contributed by atoms with Crippen molar-refractivity contribution in [1.82, 2.24) is 0 Å². The number of amides is 1. The average Bonchev–Trinajstić information content (AvgIpc) is 2.69. The van der Waals surface area contributed by atoms with Crippen molar-refractivity contribution < 1.29 is 4.79 Å². The second-order valence-corrected chi connectivity index (χ2v) is 5.13. The molecule has 96 valence electrons. The number of fused-ring (bicyclic) bond motifs is 1. The predicted octanol–water partition coefficient (Wildman–Crippen LogP) is 3.39. The number of halogens is 1. The van der Waals surface area contributed by atoms with Crippen LogP contribution >= 0.6 is 11.6 Å². The van der Waals surface area contributed by atoms with Crippen LogP contribution in [0.4, 0.5) is 11.4 Å². The van der Waals surface area contributed by atoms with Crippen LogP contribution in [0.1, 0.15) is 21.5 Å². The maximum absolute atomic E-state index is 12.4. The summed E-state index contributed by atoms with van der Waals surface area (Å²) in [5.41, 5.74) is 10.1. The Morgan fingerprint density at radius 1 is 1.26 bits per heavy atom. The normalized spacial score (nSPS) is 13.8. The van der Waals surface area contributed by atoms with E-state index in [1.807, 2.05) is 37.3 Å². The number of aryl methyl sites for hydroxylation is 1. The Balaban J connectivity index is 2.06. The lowest BCUT2D eigenvalue weighted by Gasteiger charge is -2.18. The summed E-state index contributed by atoms with van der Waals surface area (Å²) in [6.07, 6.45) is 0. The molecular formula is C15H13ClN2O. The third kappa shape index (κ3) is 1.87. The zero-order chi connectivity index (χ0) is 13.6. The molecule has 2 aromatic rings. The van der Waals surface area contributed by atoms with E-state index >= 15 is 0 Å². The van der Waals surface area contributed by atoms with Gasteiger partial charge in [0.05, 0.1) is 6.54 Å². The molecule has 0 bridgehead atoms. The molecule has 0 spiro atoms. The Kier molecular flexibility index (Phi) is 2.72. The van der Waals surface area contributed by atoms with Crippen molar-refractivity contribution in [3.63, 3.8) is 0 Å². The summed E-state index contributed by atoms with van der Waals surface area (Å²) >= 11 is 5.95. The number of rotatable bonds is 1. The molecule has 0 saturated carbocycles. The third-order valence-electron chi connectivity index (χ3n) is 3.45. The fourth-order valence-electron chi connectivity index (χ4n) is 2.47. The topological polar surface area (TPSA) is 46.3 Å². The van der Waals surface area contributed by atoms with E-state index in [1.54, 1.807) is 11.0 Å². The number of carbonyl (C=O) groups excluding carboxylic acids is 1. The summed E-state index contributed by atoms with van der Waals surface area (Å²) in [7, 11) is 0. The van der Waals surface area contributed by atoms with Crippen molar-refractivity contribution in [1.29, 1.82) is 0 Å². The second-order valence-electron chi connectivity index (χ2n) is 4.70. The summed E-state index contributed by atoms with van der Waals surface area (Å²) in [6.45, 7) is 2.46. The number of hydrogen-bond acceptors (Lipinski definition) is 2. The Labute approximate surface area is 116 Å². The largest absolute Gasteiger partial charge is 0.398 e. The van der Waals surface area contributed by atoms with Crippen LogP contribution in [0.25, 0.3) is 0 Å². The van der Waals surface area contributed by atoms with Crippen molar-refractivity contribution in [2.45, 2.75) is 13.5 Å². The van der Waals surface area contributed by atoms with Crippen molar-refractivity contribution >= 4 is 28.9 Å². The van der Waals surface area contributed by atoms with Crippen LogP contribution in [-0.4, -0.2) is 5.91 Å². The number of benzene rings is 2. The molecule has 0 saturated heterocycles. The molecule has 1 aliphatic heterocycles. The minimum absolute atomic E-state index is 0.00674. The van der Waals surface area contributed by atoms with E-state index < -0.39 is 0 Å². The van der Waals surface area contributed by atoms with E-state index in [0.29, 0.717) is 22.8 Å². The molecule has 0 radical (unpaired) electrons. The molecule has 1 heterocycles. The van der Waals surface area contributed by atoms with Crippen LogP contribution < -0.4 is 10.6 Å². The number of nitrogens with two attached hydrogens (primary N) is 1. The first kappa shape index (κ1) is 12.1. The SMILES string of the molecule is Cc1cc(Cl)ccc1N1Cc2c(N)cccc2C1=O. The quantitative estimate of drug-likeness (QED) is 0.809. The molecule has 0 unspecified atom stereocenters. The van der Waals surface area contributed by atoms with Crippen LogP contribution in [0.3, 0.4) is 0 Å². The van der Waals surface area contributed by atoms with Crippen LogP contribution in [0, 0.1) is 6.92 Å². The van der Waals surface area contributed by atoms with Crippen LogP contribution in [0.5, 0.6) is 0 Å². The van der Waals surface area contributed by atoms with Crippen LogP contribution in [0.15, 0.2) is 36.4 Å². The van der Waals surface area contributed by atoms with Gasteiger partial charge in [0.2, 0.25) is 0 Å². The monoisotopic (exact) mass is 272 g/mol. The van der Waals surface area contributed by atoms with Crippen LogP contribution in [0.2, 0.25) is 5.02 Å². The first-order valence-corrected chi connectivity index (χ1v) is 6.41. The predicted molar refractivity (Wildman–Crippen MR) is 77.6 cm³/mol. The highest BCUT2D eigenvalue weighted by Gasteiger charge is 2.30. The number of anilines is 2. The highest BCUT2D eigenvalue weighted by Crippen LogP contribution is 2.33. The van der Waals surface area contributed by atoms with Crippen LogP contribution in [-0.2, 0) is 6.54 Å². The van der Waals surface area contributed by atoms with Crippen molar-refractivity contribution in [3.05, 3.63) is 58.1 Å². The van der Waals surface area contributed by atoms with Gasteiger partial charge in [-0.15, -0.1) is 0 Å². The average molecular weight is 273 g/mol. The first-order valence-electron chi connectivity index (χ1n) is 6.03. The Morgan fingerprint density at radius 3 is 2.74 bits per heavy atom. The fourth-order valence-corrected chi connectivity index (χ4v) is 2.70. The molecule has 3 nitrogen and oxygen atoms in total.